The second-order valence-corrected chi connectivity index (χ2v) is 2.60. The van der Waals surface area contributed by atoms with Crippen LogP contribution in [-0.2, 0) is 9.47 Å². The third-order valence-corrected chi connectivity index (χ3v) is 1.36. The van der Waals surface area contributed by atoms with Gasteiger partial charge in [-0.15, -0.1) is 0 Å². The standard InChI is InChI=1S/C7H10O3/c1-4(2)6-5(3)9-7(8)10-6/h4,6H,3H2,1-2H3/t6-/m0/s1. The molecule has 10 heavy (non-hydrogen) atoms. The number of carbonyl (C=O) groups is 1. The Balaban J connectivity index is 2.63. The highest BCUT2D eigenvalue weighted by Crippen LogP contribution is 2.23. The van der Waals surface area contributed by atoms with E-state index in [-0.39, 0.29) is 12.0 Å². The third kappa shape index (κ3) is 1.12. The average Bonchev–Trinajstić information content (AvgIpc) is 2.10. The fourth-order valence-corrected chi connectivity index (χ4v) is 0.866. The molecule has 1 heterocycles. The van der Waals surface area contributed by atoms with Gasteiger partial charge in [0.25, 0.3) is 0 Å². The normalized spacial score (nSPS) is 24.9. The number of carbonyl (C=O) groups excluding carboxylic acids is 1. The summed E-state index contributed by atoms with van der Waals surface area (Å²) in [4.78, 5) is 10.5. The number of ether oxygens (including phenoxy) is 2. The molecule has 0 aromatic heterocycles. The van der Waals surface area contributed by atoms with E-state index in [4.69, 9.17) is 4.74 Å². The van der Waals surface area contributed by atoms with Gasteiger partial charge in [0.15, 0.2) is 6.10 Å². The van der Waals surface area contributed by atoms with Crippen molar-refractivity contribution in [3.8, 4) is 0 Å². The molecule has 1 saturated heterocycles. The summed E-state index contributed by atoms with van der Waals surface area (Å²) >= 11 is 0. The maximum absolute atomic E-state index is 10.5. The molecule has 0 N–H and O–H groups in total. The zero-order valence-corrected chi connectivity index (χ0v) is 6.09. The number of cyclic esters (lactones) is 2. The predicted molar refractivity (Wildman–Crippen MR) is 35.3 cm³/mol. The highest BCUT2D eigenvalue weighted by atomic mass is 16.8. The molecular weight excluding hydrogens is 132 g/mol. The number of hydrogen-bond donors (Lipinski definition) is 0. The maximum Gasteiger partial charge on any atom is 0.514 e. The maximum atomic E-state index is 10.5. The van der Waals surface area contributed by atoms with Gasteiger partial charge in [0.05, 0.1) is 0 Å². The SMILES string of the molecule is C=C1OC(=O)O[C@H]1C(C)C. The molecule has 0 aliphatic carbocycles. The van der Waals surface area contributed by atoms with Crippen LogP contribution in [0.2, 0.25) is 0 Å². The van der Waals surface area contributed by atoms with Crippen molar-refractivity contribution < 1.29 is 14.3 Å². The van der Waals surface area contributed by atoms with Crippen molar-refractivity contribution in [2.24, 2.45) is 5.92 Å². The first-order chi connectivity index (χ1) is 4.61. The minimum absolute atomic E-state index is 0.235. The van der Waals surface area contributed by atoms with E-state index < -0.39 is 6.16 Å². The first kappa shape index (κ1) is 7.12. The summed E-state index contributed by atoms with van der Waals surface area (Å²) in [5, 5.41) is 0. The number of rotatable bonds is 1. The minimum atomic E-state index is -0.635. The van der Waals surface area contributed by atoms with Gasteiger partial charge in [-0.2, -0.15) is 0 Å². The predicted octanol–water partition coefficient (Wildman–Crippen LogP) is 1.69. The lowest BCUT2D eigenvalue weighted by Gasteiger charge is -2.09. The topological polar surface area (TPSA) is 35.5 Å². The van der Waals surface area contributed by atoms with Crippen molar-refractivity contribution in [1.29, 1.82) is 0 Å². The van der Waals surface area contributed by atoms with Crippen molar-refractivity contribution in [2.75, 3.05) is 0 Å². The van der Waals surface area contributed by atoms with Gasteiger partial charge in [0, 0.05) is 0 Å². The summed E-state index contributed by atoms with van der Waals surface area (Å²) < 4.78 is 9.35. The van der Waals surface area contributed by atoms with Crippen molar-refractivity contribution >= 4 is 6.16 Å². The molecule has 0 unspecified atom stereocenters. The zero-order chi connectivity index (χ0) is 7.72. The molecule has 0 radical (unpaired) electrons. The van der Waals surface area contributed by atoms with Crippen LogP contribution >= 0.6 is 0 Å². The van der Waals surface area contributed by atoms with E-state index in [1.54, 1.807) is 0 Å². The number of hydrogen-bond acceptors (Lipinski definition) is 3. The quantitative estimate of drug-likeness (QED) is 0.522. The summed E-state index contributed by atoms with van der Waals surface area (Å²) in [6.07, 6.45) is -0.892. The minimum Gasteiger partial charge on any atom is -0.422 e. The van der Waals surface area contributed by atoms with Crippen LogP contribution in [-0.4, -0.2) is 12.3 Å². The van der Waals surface area contributed by atoms with Crippen molar-refractivity contribution in [2.45, 2.75) is 20.0 Å². The van der Waals surface area contributed by atoms with Crippen LogP contribution in [0.15, 0.2) is 12.3 Å². The Hall–Kier alpha value is -0.990. The van der Waals surface area contributed by atoms with Crippen LogP contribution in [0, 0.1) is 5.92 Å². The molecule has 1 aliphatic rings. The van der Waals surface area contributed by atoms with Gasteiger partial charge in [-0.1, -0.05) is 20.4 Å². The van der Waals surface area contributed by atoms with Gasteiger partial charge >= 0.3 is 6.16 Å². The fraction of sp³-hybridized carbons (Fsp3) is 0.571. The summed E-state index contributed by atoms with van der Waals surface area (Å²) in [6, 6.07) is 0. The van der Waals surface area contributed by atoms with Crippen LogP contribution in [0.3, 0.4) is 0 Å². The largest absolute Gasteiger partial charge is 0.514 e. The molecule has 1 rings (SSSR count). The molecule has 0 spiro atoms. The molecule has 0 saturated carbocycles. The molecule has 3 heteroatoms. The lowest BCUT2D eigenvalue weighted by Crippen LogP contribution is -2.15. The van der Waals surface area contributed by atoms with Gasteiger partial charge in [0.2, 0.25) is 0 Å². The average molecular weight is 142 g/mol. The molecular formula is C7H10O3. The Morgan fingerprint density at radius 1 is 1.60 bits per heavy atom. The second kappa shape index (κ2) is 2.33. The molecule has 3 nitrogen and oxygen atoms in total. The van der Waals surface area contributed by atoms with Gasteiger partial charge in [-0.25, -0.2) is 4.79 Å². The second-order valence-electron chi connectivity index (χ2n) is 2.60. The molecule has 56 valence electrons. The molecule has 1 atom stereocenters. The van der Waals surface area contributed by atoms with Crippen LogP contribution in [0.25, 0.3) is 0 Å². The molecule has 1 fully saturated rings. The van der Waals surface area contributed by atoms with Crippen LogP contribution in [0.4, 0.5) is 4.79 Å². The third-order valence-electron chi connectivity index (χ3n) is 1.36. The Morgan fingerprint density at radius 3 is 2.40 bits per heavy atom. The summed E-state index contributed by atoms with van der Waals surface area (Å²) in [5.41, 5.74) is 0. The van der Waals surface area contributed by atoms with Gasteiger partial charge in [-0.05, 0) is 5.92 Å². The lowest BCUT2D eigenvalue weighted by molar-refractivity contribution is 0.105. The van der Waals surface area contributed by atoms with E-state index in [9.17, 15) is 4.79 Å². The lowest BCUT2D eigenvalue weighted by atomic mass is 10.1. The van der Waals surface area contributed by atoms with Crippen LogP contribution < -0.4 is 0 Å². The molecule has 0 aromatic rings. The highest BCUT2D eigenvalue weighted by Gasteiger charge is 2.31. The molecule has 0 amide bonds. The van der Waals surface area contributed by atoms with Gasteiger partial charge in [-0.3, -0.25) is 0 Å². The highest BCUT2D eigenvalue weighted by molar-refractivity contribution is 5.64. The van der Waals surface area contributed by atoms with E-state index in [0.717, 1.165) is 0 Å². The Morgan fingerprint density at radius 2 is 2.20 bits per heavy atom. The zero-order valence-electron chi connectivity index (χ0n) is 6.09. The van der Waals surface area contributed by atoms with E-state index in [1.165, 1.54) is 0 Å². The molecule has 0 bridgehead atoms. The first-order valence-electron chi connectivity index (χ1n) is 3.18. The first-order valence-corrected chi connectivity index (χ1v) is 3.18. The van der Waals surface area contributed by atoms with Crippen molar-refractivity contribution in [3.63, 3.8) is 0 Å². The Kier molecular flexibility index (Phi) is 1.66. The van der Waals surface area contributed by atoms with Crippen LogP contribution in [0.5, 0.6) is 0 Å². The summed E-state index contributed by atoms with van der Waals surface area (Å²) in [7, 11) is 0. The Labute approximate surface area is 59.6 Å². The van der Waals surface area contributed by atoms with Gasteiger partial charge < -0.3 is 9.47 Å². The van der Waals surface area contributed by atoms with E-state index in [0.29, 0.717) is 5.76 Å². The van der Waals surface area contributed by atoms with Crippen molar-refractivity contribution in [1.82, 2.24) is 0 Å². The van der Waals surface area contributed by atoms with E-state index in [1.807, 2.05) is 13.8 Å². The summed E-state index contributed by atoms with van der Waals surface area (Å²) in [6.45, 7) is 7.42. The monoisotopic (exact) mass is 142 g/mol. The van der Waals surface area contributed by atoms with E-state index in [2.05, 4.69) is 11.3 Å². The van der Waals surface area contributed by atoms with Crippen molar-refractivity contribution in [3.05, 3.63) is 12.3 Å². The smallest absolute Gasteiger partial charge is 0.422 e. The fourth-order valence-electron chi connectivity index (χ4n) is 0.866. The van der Waals surface area contributed by atoms with E-state index >= 15 is 0 Å². The molecule has 0 aromatic carbocycles. The van der Waals surface area contributed by atoms with Crippen LogP contribution in [0.1, 0.15) is 13.8 Å². The molecule has 1 aliphatic heterocycles. The summed E-state index contributed by atoms with van der Waals surface area (Å²) in [5.74, 6) is 0.652. The Bertz CT molecular complexity index is 172. The van der Waals surface area contributed by atoms with Gasteiger partial charge in [0.1, 0.15) is 5.76 Å².